The molecule has 2 aromatic rings. The Morgan fingerprint density at radius 1 is 1.21 bits per heavy atom. The normalized spacial score (nSPS) is 11.0. The Kier molecular flexibility index (Phi) is 4.84. The summed E-state index contributed by atoms with van der Waals surface area (Å²) in [4.78, 5) is 21.1. The average molecular weight is 350 g/mol. The summed E-state index contributed by atoms with van der Waals surface area (Å²) in [5.74, 6) is -1.34. The molecule has 0 spiro atoms. The van der Waals surface area contributed by atoms with Crippen LogP contribution in [0.15, 0.2) is 53.4 Å². The van der Waals surface area contributed by atoms with Gasteiger partial charge in [-0.3, -0.25) is 19.2 Å². The maximum absolute atomic E-state index is 12.8. The number of nitrogens with zero attached hydrogens (tertiary/aromatic N) is 2. The van der Waals surface area contributed by atoms with Crippen LogP contribution in [0.1, 0.15) is 5.56 Å². The van der Waals surface area contributed by atoms with Gasteiger partial charge in [-0.1, -0.05) is 24.3 Å². The number of rotatable bonds is 6. The van der Waals surface area contributed by atoms with Crippen molar-refractivity contribution in [3.63, 3.8) is 0 Å². The second-order valence-electron chi connectivity index (χ2n) is 4.95. The number of carboxylic acids is 1. The standard InChI is InChI=1S/C15H14N2O6S/c1-11-7-8-13(9-14(11)17(20)21)24(22,23)16(10-15(18)19)12-5-3-2-4-6-12/h2-9H,10H2,1H3,(H,18,19). The third-order valence-corrected chi connectivity index (χ3v) is 5.06. The lowest BCUT2D eigenvalue weighted by molar-refractivity contribution is -0.385. The molecule has 0 atom stereocenters. The highest BCUT2D eigenvalue weighted by molar-refractivity contribution is 7.92. The van der Waals surface area contributed by atoms with E-state index < -0.39 is 27.5 Å². The van der Waals surface area contributed by atoms with Gasteiger partial charge < -0.3 is 5.11 Å². The predicted octanol–water partition coefficient (Wildman–Crippen LogP) is 2.18. The Morgan fingerprint density at radius 3 is 2.38 bits per heavy atom. The zero-order valence-corrected chi connectivity index (χ0v) is 13.4. The Morgan fingerprint density at radius 2 is 1.83 bits per heavy atom. The fourth-order valence-corrected chi connectivity index (χ4v) is 3.54. The molecule has 0 bridgehead atoms. The Labute approximate surface area is 138 Å². The second-order valence-corrected chi connectivity index (χ2v) is 6.81. The minimum Gasteiger partial charge on any atom is -0.480 e. The molecule has 2 aromatic carbocycles. The first-order chi connectivity index (χ1) is 11.2. The van der Waals surface area contributed by atoms with Crippen molar-refractivity contribution in [3.8, 4) is 0 Å². The van der Waals surface area contributed by atoms with E-state index in [9.17, 15) is 23.3 Å². The van der Waals surface area contributed by atoms with Crippen molar-refractivity contribution >= 4 is 27.4 Å². The van der Waals surface area contributed by atoms with Crippen LogP contribution in [0.3, 0.4) is 0 Å². The van der Waals surface area contributed by atoms with Crippen molar-refractivity contribution in [2.45, 2.75) is 11.8 Å². The highest BCUT2D eigenvalue weighted by Crippen LogP contribution is 2.27. The van der Waals surface area contributed by atoms with Crippen molar-refractivity contribution in [2.24, 2.45) is 0 Å². The van der Waals surface area contributed by atoms with Gasteiger partial charge in [0.25, 0.3) is 15.7 Å². The van der Waals surface area contributed by atoms with Crippen molar-refractivity contribution in [1.29, 1.82) is 0 Å². The largest absolute Gasteiger partial charge is 0.480 e. The zero-order valence-electron chi connectivity index (χ0n) is 12.6. The van der Waals surface area contributed by atoms with Crippen LogP contribution >= 0.6 is 0 Å². The number of para-hydroxylation sites is 1. The van der Waals surface area contributed by atoms with Crippen LogP contribution in [0.2, 0.25) is 0 Å². The summed E-state index contributed by atoms with van der Waals surface area (Å²) in [6.45, 7) is 0.689. The third kappa shape index (κ3) is 3.51. The van der Waals surface area contributed by atoms with Crippen molar-refractivity contribution < 1.29 is 23.2 Å². The number of nitro groups is 1. The topological polar surface area (TPSA) is 118 Å². The molecule has 0 heterocycles. The van der Waals surface area contributed by atoms with Gasteiger partial charge in [0.2, 0.25) is 0 Å². The summed E-state index contributed by atoms with van der Waals surface area (Å²) in [5.41, 5.74) is 0.117. The Hall–Kier alpha value is -2.94. The van der Waals surface area contributed by atoms with Crippen LogP contribution in [0.4, 0.5) is 11.4 Å². The number of aliphatic carboxylic acids is 1. The van der Waals surface area contributed by atoms with Crippen LogP contribution in [0.25, 0.3) is 0 Å². The van der Waals surface area contributed by atoms with E-state index in [1.54, 1.807) is 18.2 Å². The van der Waals surface area contributed by atoms with E-state index in [0.717, 1.165) is 6.07 Å². The van der Waals surface area contributed by atoms with E-state index in [4.69, 9.17) is 5.11 Å². The van der Waals surface area contributed by atoms with Crippen LogP contribution in [-0.4, -0.2) is 31.0 Å². The first kappa shape index (κ1) is 17.4. The number of nitro benzene ring substituents is 1. The molecule has 0 fully saturated rings. The SMILES string of the molecule is Cc1ccc(S(=O)(=O)N(CC(=O)O)c2ccccc2)cc1[N+](=O)[O-]. The highest BCUT2D eigenvalue weighted by Gasteiger charge is 2.28. The third-order valence-electron chi connectivity index (χ3n) is 3.29. The monoisotopic (exact) mass is 350 g/mol. The van der Waals surface area contributed by atoms with E-state index in [0.29, 0.717) is 9.87 Å². The van der Waals surface area contributed by atoms with Gasteiger partial charge >= 0.3 is 5.97 Å². The van der Waals surface area contributed by atoms with Gasteiger partial charge in [0.15, 0.2) is 0 Å². The molecule has 0 aromatic heterocycles. The van der Waals surface area contributed by atoms with E-state index in [2.05, 4.69) is 0 Å². The number of sulfonamides is 1. The number of anilines is 1. The Bertz CT molecular complexity index is 880. The molecule has 0 saturated heterocycles. The van der Waals surface area contributed by atoms with Crippen LogP contribution in [-0.2, 0) is 14.8 Å². The van der Waals surface area contributed by atoms with Crippen molar-refractivity contribution in [1.82, 2.24) is 0 Å². The molecular formula is C15H14N2O6S. The number of hydrogen-bond acceptors (Lipinski definition) is 5. The first-order valence-corrected chi connectivity index (χ1v) is 8.22. The maximum Gasteiger partial charge on any atom is 0.324 e. The summed E-state index contributed by atoms with van der Waals surface area (Å²) in [7, 11) is -4.27. The molecule has 0 aliphatic heterocycles. The minimum atomic E-state index is -4.27. The molecule has 1 N–H and O–H groups in total. The van der Waals surface area contributed by atoms with Gasteiger partial charge in [-0.05, 0) is 25.1 Å². The molecule has 2 rings (SSSR count). The molecule has 0 amide bonds. The van der Waals surface area contributed by atoms with Gasteiger partial charge in [-0.15, -0.1) is 0 Å². The lowest BCUT2D eigenvalue weighted by Crippen LogP contribution is -2.35. The van der Waals surface area contributed by atoms with Crippen molar-refractivity contribution in [2.75, 3.05) is 10.8 Å². The lowest BCUT2D eigenvalue weighted by atomic mass is 10.2. The van der Waals surface area contributed by atoms with Gasteiger partial charge in [0.1, 0.15) is 6.54 Å². The predicted molar refractivity (Wildman–Crippen MR) is 86.4 cm³/mol. The van der Waals surface area contributed by atoms with Crippen LogP contribution < -0.4 is 4.31 Å². The number of carbonyl (C=O) groups is 1. The molecule has 8 nitrogen and oxygen atoms in total. The van der Waals surface area contributed by atoms with E-state index in [1.807, 2.05) is 0 Å². The molecule has 0 saturated carbocycles. The first-order valence-electron chi connectivity index (χ1n) is 6.78. The molecule has 0 aliphatic carbocycles. The zero-order chi connectivity index (χ0) is 17.9. The number of benzene rings is 2. The van der Waals surface area contributed by atoms with Crippen LogP contribution in [0, 0.1) is 17.0 Å². The fourth-order valence-electron chi connectivity index (χ4n) is 2.11. The average Bonchev–Trinajstić information content (AvgIpc) is 2.53. The van der Waals surface area contributed by atoms with Crippen LogP contribution in [0.5, 0.6) is 0 Å². The van der Waals surface area contributed by atoms with Gasteiger partial charge in [0, 0.05) is 11.6 Å². The number of hydrogen-bond donors (Lipinski definition) is 1. The molecule has 126 valence electrons. The summed E-state index contributed by atoms with van der Waals surface area (Å²) in [5, 5.41) is 20.0. The smallest absolute Gasteiger partial charge is 0.324 e. The number of carboxylic acid groups (broad SMARTS) is 1. The van der Waals surface area contributed by atoms with Gasteiger partial charge in [-0.2, -0.15) is 0 Å². The molecule has 0 aliphatic rings. The molecule has 0 radical (unpaired) electrons. The van der Waals surface area contributed by atoms with Crippen molar-refractivity contribution in [3.05, 3.63) is 64.2 Å². The summed E-state index contributed by atoms with van der Waals surface area (Å²) < 4.78 is 26.3. The molecule has 0 unspecified atom stereocenters. The molecule has 9 heteroatoms. The summed E-state index contributed by atoms with van der Waals surface area (Å²) in [6.07, 6.45) is 0. The molecular weight excluding hydrogens is 336 g/mol. The van der Waals surface area contributed by atoms with E-state index in [-0.39, 0.29) is 16.3 Å². The Balaban J connectivity index is 2.58. The quantitative estimate of drug-likeness (QED) is 0.630. The molecule has 24 heavy (non-hydrogen) atoms. The lowest BCUT2D eigenvalue weighted by Gasteiger charge is -2.22. The summed E-state index contributed by atoms with van der Waals surface area (Å²) in [6, 6.07) is 11.2. The van der Waals surface area contributed by atoms with Gasteiger partial charge in [-0.25, -0.2) is 8.42 Å². The van der Waals surface area contributed by atoms with E-state index in [1.165, 1.54) is 31.2 Å². The van der Waals surface area contributed by atoms with Gasteiger partial charge in [0.05, 0.1) is 15.5 Å². The minimum absolute atomic E-state index is 0.156. The highest BCUT2D eigenvalue weighted by atomic mass is 32.2. The number of aryl methyl sites for hydroxylation is 1. The van der Waals surface area contributed by atoms with E-state index >= 15 is 0 Å². The summed E-state index contributed by atoms with van der Waals surface area (Å²) >= 11 is 0. The second kappa shape index (κ2) is 6.67. The maximum atomic E-state index is 12.8. The fraction of sp³-hybridized carbons (Fsp3) is 0.133.